The highest BCUT2D eigenvalue weighted by Gasteiger charge is 2.10. The van der Waals surface area contributed by atoms with Gasteiger partial charge < -0.3 is 4.74 Å². The molecule has 0 fully saturated rings. The number of pyridine rings is 1. The summed E-state index contributed by atoms with van der Waals surface area (Å²) in [5.41, 5.74) is 2.69. The molecule has 0 saturated heterocycles. The Bertz CT molecular complexity index is 540. The first kappa shape index (κ1) is 11.8. The quantitative estimate of drug-likeness (QED) is 0.820. The molecule has 2 aromatic rings. The molecular formula is C12H12ClN3O. The fourth-order valence-corrected chi connectivity index (χ4v) is 1.46. The van der Waals surface area contributed by atoms with E-state index >= 15 is 0 Å². The van der Waals surface area contributed by atoms with Crippen LogP contribution in [0.3, 0.4) is 0 Å². The predicted molar refractivity (Wildman–Crippen MR) is 65.6 cm³/mol. The minimum absolute atomic E-state index is 0.400. The number of ether oxygens (including phenoxy) is 1. The molecule has 2 aromatic heterocycles. The van der Waals surface area contributed by atoms with Crippen molar-refractivity contribution >= 4 is 11.6 Å². The van der Waals surface area contributed by atoms with E-state index in [2.05, 4.69) is 15.2 Å². The molecule has 0 aliphatic carbocycles. The van der Waals surface area contributed by atoms with Crippen LogP contribution in [-0.2, 0) is 0 Å². The third-order valence-electron chi connectivity index (χ3n) is 2.52. The van der Waals surface area contributed by atoms with E-state index in [-0.39, 0.29) is 0 Å². The standard InChI is InChI=1S/C12H12ClN3O/c1-7-4-5-10(6-14-7)17-12-9(3)8(2)11(13)15-16-12/h4-6H,1-3H3. The molecule has 0 unspecified atom stereocenters. The minimum Gasteiger partial charge on any atom is -0.436 e. The lowest BCUT2D eigenvalue weighted by Gasteiger charge is -2.08. The SMILES string of the molecule is Cc1ccc(Oc2nnc(Cl)c(C)c2C)cn1. The van der Waals surface area contributed by atoms with E-state index in [1.54, 1.807) is 6.20 Å². The number of aromatic nitrogens is 3. The highest BCUT2D eigenvalue weighted by atomic mass is 35.5. The molecule has 0 bridgehead atoms. The molecule has 0 aromatic carbocycles. The Hall–Kier alpha value is -1.68. The van der Waals surface area contributed by atoms with Gasteiger partial charge in [-0.05, 0) is 38.5 Å². The zero-order valence-electron chi connectivity index (χ0n) is 9.86. The lowest BCUT2D eigenvalue weighted by Crippen LogP contribution is -1.98. The van der Waals surface area contributed by atoms with Gasteiger partial charge in [0.1, 0.15) is 5.75 Å². The van der Waals surface area contributed by atoms with Crippen molar-refractivity contribution in [2.24, 2.45) is 0 Å². The second-order valence-corrected chi connectivity index (χ2v) is 4.14. The van der Waals surface area contributed by atoms with Crippen molar-refractivity contribution < 1.29 is 4.74 Å². The minimum atomic E-state index is 0.400. The van der Waals surface area contributed by atoms with Gasteiger partial charge in [0, 0.05) is 11.3 Å². The number of hydrogen-bond acceptors (Lipinski definition) is 4. The molecule has 0 amide bonds. The van der Waals surface area contributed by atoms with Crippen molar-refractivity contribution in [3.63, 3.8) is 0 Å². The van der Waals surface area contributed by atoms with Crippen molar-refractivity contribution in [1.82, 2.24) is 15.2 Å². The van der Waals surface area contributed by atoms with E-state index in [9.17, 15) is 0 Å². The summed E-state index contributed by atoms with van der Waals surface area (Å²) < 4.78 is 5.61. The monoisotopic (exact) mass is 249 g/mol. The molecule has 0 aliphatic rings. The van der Waals surface area contributed by atoms with E-state index < -0.39 is 0 Å². The molecule has 5 heteroatoms. The lowest BCUT2D eigenvalue weighted by atomic mass is 10.2. The second kappa shape index (κ2) is 4.67. The first-order valence-corrected chi connectivity index (χ1v) is 5.55. The summed E-state index contributed by atoms with van der Waals surface area (Å²) in [6, 6.07) is 3.72. The molecule has 0 aliphatic heterocycles. The Morgan fingerprint density at radius 2 is 1.82 bits per heavy atom. The van der Waals surface area contributed by atoms with Gasteiger partial charge in [-0.2, -0.15) is 0 Å². The molecule has 17 heavy (non-hydrogen) atoms. The Morgan fingerprint density at radius 3 is 2.47 bits per heavy atom. The molecule has 0 radical (unpaired) electrons. The molecule has 2 heterocycles. The van der Waals surface area contributed by atoms with E-state index in [0.29, 0.717) is 16.8 Å². The Balaban J connectivity index is 2.30. The van der Waals surface area contributed by atoms with Gasteiger partial charge in [-0.25, -0.2) is 0 Å². The summed E-state index contributed by atoms with van der Waals surface area (Å²) in [5, 5.41) is 8.15. The summed E-state index contributed by atoms with van der Waals surface area (Å²) in [6.07, 6.45) is 1.65. The maximum absolute atomic E-state index is 5.87. The van der Waals surface area contributed by atoms with Crippen LogP contribution in [0.2, 0.25) is 5.15 Å². The average Bonchev–Trinajstić information content (AvgIpc) is 2.33. The van der Waals surface area contributed by atoms with Gasteiger partial charge in [0.05, 0.1) is 6.20 Å². The maximum Gasteiger partial charge on any atom is 0.242 e. The van der Waals surface area contributed by atoms with E-state index in [4.69, 9.17) is 16.3 Å². The van der Waals surface area contributed by atoms with Crippen LogP contribution in [-0.4, -0.2) is 15.2 Å². The topological polar surface area (TPSA) is 47.9 Å². The summed E-state index contributed by atoms with van der Waals surface area (Å²) in [5.74, 6) is 1.09. The average molecular weight is 250 g/mol. The van der Waals surface area contributed by atoms with Gasteiger partial charge in [0.25, 0.3) is 0 Å². The summed E-state index contributed by atoms with van der Waals surface area (Å²) in [4.78, 5) is 4.15. The summed E-state index contributed by atoms with van der Waals surface area (Å²) in [6.45, 7) is 5.70. The fraction of sp³-hybridized carbons (Fsp3) is 0.250. The number of nitrogens with zero attached hydrogens (tertiary/aromatic N) is 3. The van der Waals surface area contributed by atoms with Crippen LogP contribution in [0.1, 0.15) is 16.8 Å². The third kappa shape index (κ3) is 2.53. The van der Waals surface area contributed by atoms with Gasteiger partial charge in [-0.1, -0.05) is 11.6 Å². The number of halogens is 1. The fourth-order valence-electron chi connectivity index (χ4n) is 1.28. The van der Waals surface area contributed by atoms with E-state index in [1.165, 1.54) is 0 Å². The Kier molecular flexibility index (Phi) is 3.24. The molecule has 0 N–H and O–H groups in total. The first-order chi connectivity index (χ1) is 8.08. The smallest absolute Gasteiger partial charge is 0.242 e. The molecule has 88 valence electrons. The molecular weight excluding hydrogens is 238 g/mol. The number of aryl methyl sites for hydroxylation is 1. The van der Waals surface area contributed by atoms with Crippen LogP contribution < -0.4 is 4.74 Å². The van der Waals surface area contributed by atoms with Gasteiger partial charge >= 0.3 is 0 Å². The maximum atomic E-state index is 5.87. The predicted octanol–water partition coefficient (Wildman–Crippen LogP) is 3.24. The molecule has 2 rings (SSSR count). The molecule has 0 spiro atoms. The van der Waals surface area contributed by atoms with Gasteiger partial charge in [-0.3, -0.25) is 4.98 Å². The van der Waals surface area contributed by atoms with Crippen molar-refractivity contribution in [3.8, 4) is 11.6 Å². The Labute approximate surface area is 105 Å². The van der Waals surface area contributed by atoms with Gasteiger partial charge in [-0.15, -0.1) is 10.2 Å². The van der Waals surface area contributed by atoms with E-state index in [0.717, 1.165) is 16.8 Å². The van der Waals surface area contributed by atoms with Crippen molar-refractivity contribution in [2.45, 2.75) is 20.8 Å². The first-order valence-electron chi connectivity index (χ1n) is 5.18. The molecule has 0 atom stereocenters. The van der Waals surface area contributed by atoms with E-state index in [1.807, 2.05) is 32.9 Å². The highest BCUT2D eigenvalue weighted by molar-refractivity contribution is 6.30. The summed E-state index contributed by atoms with van der Waals surface area (Å²) >= 11 is 5.87. The Morgan fingerprint density at radius 1 is 1.06 bits per heavy atom. The van der Waals surface area contributed by atoms with Crippen molar-refractivity contribution in [1.29, 1.82) is 0 Å². The molecule has 0 saturated carbocycles. The van der Waals surface area contributed by atoms with Gasteiger partial charge in [0.2, 0.25) is 5.88 Å². The van der Waals surface area contributed by atoms with Crippen molar-refractivity contribution in [2.75, 3.05) is 0 Å². The van der Waals surface area contributed by atoms with Crippen LogP contribution in [0, 0.1) is 20.8 Å². The van der Waals surface area contributed by atoms with Gasteiger partial charge in [0.15, 0.2) is 5.15 Å². The highest BCUT2D eigenvalue weighted by Crippen LogP contribution is 2.26. The normalized spacial score (nSPS) is 10.4. The van der Waals surface area contributed by atoms with Crippen LogP contribution in [0.15, 0.2) is 18.3 Å². The number of hydrogen-bond donors (Lipinski definition) is 0. The zero-order valence-corrected chi connectivity index (χ0v) is 10.6. The van der Waals surface area contributed by atoms with Crippen LogP contribution in [0.4, 0.5) is 0 Å². The van der Waals surface area contributed by atoms with Crippen LogP contribution in [0.25, 0.3) is 0 Å². The largest absolute Gasteiger partial charge is 0.436 e. The number of rotatable bonds is 2. The zero-order chi connectivity index (χ0) is 12.4. The summed E-state index contributed by atoms with van der Waals surface area (Å²) in [7, 11) is 0. The second-order valence-electron chi connectivity index (χ2n) is 3.78. The van der Waals surface area contributed by atoms with Crippen LogP contribution >= 0.6 is 11.6 Å². The molecule has 4 nitrogen and oxygen atoms in total. The van der Waals surface area contributed by atoms with Crippen molar-refractivity contribution in [3.05, 3.63) is 40.3 Å². The lowest BCUT2D eigenvalue weighted by molar-refractivity contribution is 0.448. The third-order valence-corrected chi connectivity index (χ3v) is 2.88. The van der Waals surface area contributed by atoms with Crippen LogP contribution in [0.5, 0.6) is 11.6 Å².